The average molecular weight is 366 g/mol. The zero-order chi connectivity index (χ0) is 13.8. The fourth-order valence-corrected chi connectivity index (χ4v) is 2.39. The molecule has 0 spiro atoms. The van der Waals surface area contributed by atoms with E-state index in [4.69, 9.17) is 5.73 Å². The lowest BCUT2D eigenvalue weighted by molar-refractivity contribution is 0.0785. The molecule has 1 amide bonds. The van der Waals surface area contributed by atoms with Crippen molar-refractivity contribution in [3.8, 4) is 0 Å². The summed E-state index contributed by atoms with van der Waals surface area (Å²) >= 11 is 2.20. The first-order chi connectivity index (χ1) is 9.08. The Balaban J connectivity index is 2.14. The van der Waals surface area contributed by atoms with E-state index in [0.717, 1.165) is 9.13 Å². The molecule has 0 bridgehead atoms. The van der Waals surface area contributed by atoms with Crippen LogP contribution in [0.2, 0.25) is 0 Å². The van der Waals surface area contributed by atoms with Crippen molar-refractivity contribution < 1.29 is 4.79 Å². The number of nitrogen functional groups attached to an aromatic ring is 1. The molecule has 2 aromatic rings. The maximum atomic E-state index is 12.3. The fourth-order valence-electron chi connectivity index (χ4n) is 1.85. The van der Waals surface area contributed by atoms with Crippen molar-refractivity contribution in [2.24, 2.45) is 0 Å². The van der Waals surface area contributed by atoms with Crippen LogP contribution in [0.15, 0.2) is 48.5 Å². The fraction of sp³-hybridized carbons (Fsp3) is 0.133. The molecule has 0 saturated heterocycles. The summed E-state index contributed by atoms with van der Waals surface area (Å²) in [5, 5.41) is 0. The van der Waals surface area contributed by atoms with E-state index in [-0.39, 0.29) is 5.91 Å². The highest BCUT2D eigenvalue weighted by atomic mass is 127. The van der Waals surface area contributed by atoms with E-state index in [0.29, 0.717) is 17.8 Å². The molecule has 0 aliphatic heterocycles. The standard InChI is InChI=1S/C15H15IN2O/c1-18(10-12-5-2-3-8-14(12)17)15(19)11-6-4-7-13(16)9-11/h2-9H,10,17H2,1H3. The minimum atomic E-state index is 0.00164. The Bertz CT molecular complexity index is 598. The van der Waals surface area contributed by atoms with Gasteiger partial charge in [0.25, 0.3) is 5.91 Å². The van der Waals surface area contributed by atoms with Crippen LogP contribution in [0.4, 0.5) is 5.69 Å². The minimum Gasteiger partial charge on any atom is -0.398 e. The highest BCUT2D eigenvalue weighted by molar-refractivity contribution is 14.1. The van der Waals surface area contributed by atoms with Gasteiger partial charge in [0.15, 0.2) is 0 Å². The molecule has 2 rings (SSSR count). The number of hydrogen-bond acceptors (Lipinski definition) is 2. The zero-order valence-corrected chi connectivity index (χ0v) is 12.8. The molecule has 0 aliphatic carbocycles. The van der Waals surface area contributed by atoms with Crippen LogP contribution in [-0.4, -0.2) is 17.9 Å². The summed E-state index contributed by atoms with van der Waals surface area (Å²) in [6.45, 7) is 0.511. The number of nitrogens with two attached hydrogens (primary N) is 1. The van der Waals surface area contributed by atoms with Crippen molar-refractivity contribution in [2.45, 2.75) is 6.54 Å². The van der Waals surface area contributed by atoms with Crippen molar-refractivity contribution in [1.82, 2.24) is 4.90 Å². The van der Waals surface area contributed by atoms with Crippen molar-refractivity contribution in [3.63, 3.8) is 0 Å². The molecule has 4 heteroatoms. The molecule has 0 saturated carbocycles. The number of rotatable bonds is 3. The van der Waals surface area contributed by atoms with Gasteiger partial charge in [-0.3, -0.25) is 4.79 Å². The van der Waals surface area contributed by atoms with Crippen LogP contribution < -0.4 is 5.73 Å². The molecule has 2 aromatic carbocycles. The molecule has 0 heterocycles. The lowest BCUT2D eigenvalue weighted by Gasteiger charge is -2.18. The van der Waals surface area contributed by atoms with Gasteiger partial charge in [0.1, 0.15) is 0 Å². The molecule has 0 atom stereocenters. The van der Waals surface area contributed by atoms with Gasteiger partial charge in [-0.1, -0.05) is 24.3 Å². The van der Waals surface area contributed by atoms with Crippen LogP contribution in [0.25, 0.3) is 0 Å². The summed E-state index contributed by atoms with van der Waals surface area (Å²) < 4.78 is 1.05. The van der Waals surface area contributed by atoms with Gasteiger partial charge >= 0.3 is 0 Å². The van der Waals surface area contributed by atoms with Gasteiger partial charge in [-0.25, -0.2) is 0 Å². The molecular weight excluding hydrogens is 351 g/mol. The predicted molar refractivity (Wildman–Crippen MR) is 85.8 cm³/mol. The van der Waals surface area contributed by atoms with Crippen molar-refractivity contribution in [1.29, 1.82) is 0 Å². The summed E-state index contributed by atoms with van der Waals surface area (Å²) in [6.07, 6.45) is 0. The second kappa shape index (κ2) is 6.06. The molecule has 0 fully saturated rings. The number of para-hydroxylation sites is 1. The number of anilines is 1. The zero-order valence-electron chi connectivity index (χ0n) is 10.6. The van der Waals surface area contributed by atoms with Gasteiger partial charge in [0.05, 0.1) is 0 Å². The molecule has 3 nitrogen and oxygen atoms in total. The van der Waals surface area contributed by atoms with Gasteiger partial charge in [-0.15, -0.1) is 0 Å². The number of nitrogens with zero attached hydrogens (tertiary/aromatic N) is 1. The number of benzene rings is 2. The van der Waals surface area contributed by atoms with E-state index in [1.807, 2.05) is 48.5 Å². The summed E-state index contributed by atoms with van der Waals surface area (Å²) in [7, 11) is 1.79. The van der Waals surface area contributed by atoms with E-state index in [9.17, 15) is 4.79 Å². The van der Waals surface area contributed by atoms with Gasteiger partial charge in [0.2, 0.25) is 0 Å². The SMILES string of the molecule is CN(Cc1ccccc1N)C(=O)c1cccc(I)c1. The number of hydrogen-bond donors (Lipinski definition) is 1. The normalized spacial score (nSPS) is 10.2. The highest BCUT2D eigenvalue weighted by Gasteiger charge is 2.13. The largest absolute Gasteiger partial charge is 0.398 e. The van der Waals surface area contributed by atoms with Crippen molar-refractivity contribution in [2.75, 3.05) is 12.8 Å². The smallest absolute Gasteiger partial charge is 0.253 e. The second-order valence-corrected chi connectivity index (χ2v) is 5.62. The molecule has 98 valence electrons. The first-order valence-electron chi connectivity index (χ1n) is 5.92. The van der Waals surface area contributed by atoms with Crippen LogP contribution in [0.1, 0.15) is 15.9 Å². The van der Waals surface area contributed by atoms with Crippen LogP contribution in [-0.2, 0) is 6.54 Å². The summed E-state index contributed by atoms with van der Waals surface area (Å²) in [4.78, 5) is 14.0. The van der Waals surface area contributed by atoms with Gasteiger partial charge in [0, 0.05) is 28.4 Å². The quantitative estimate of drug-likeness (QED) is 0.670. The number of halogens is 1. The minimum absolute atomic E-state index is 0.00164. The van der Waals surface area contributed by atoms with Gasteiger partial charge < -0.3 is 10.6 Å². The molecular formula is C15H15IN2O. The molecule has 0 unspecified atom stereocenters. The van der Waals surface area contributed by atoms with Crippen LogP contribution >= 0.6 is 22.6 Å². The van der Waals surface area contributed by atoms with Crippen LogP contribution in [0.3, 0.4) is 0 Å². The first-order valence-corrected chi connectivity index (χ1v) is 7.00. The molecule has 19 heavy (non-hydrogen) atoms. The Kier molecular flexibility index (Phi) is 4.42. The lowest BCUT2D eigenvalue weighted by atomic mass is 10.1. The van der Waals surface area contributed by atoms with E-state index < -0.39 is 0 Å². The summed E-state index contributed by atoms with van der Waals surface area (Å²) in [5.74, 6) is 0.00164. The van der Waals surface area contributed by atoms with E-state index >= 15 is 0 Å². The van der Waals surface area contributed by atoms with Crippen LogP contribution in [0, 0.1) is 3.57 Å². The Morgan fingerprint density at radius 3 is 2.63 bits per heavy atom. The Morgan fingerprint density at radius 2 is 1.95 bits per heavy atom. The van der Waals surface area contributed by atoms with Gasteiger partial charge in [-0.2, -0.15) is 0 Å². The monoisotopic (exact) mass is 366 g/mol. The lowest BCUT2D eigenvalue weighted by Crippen LogP contribution is -2.26. The first kappa shape index (κ1) is 13.9. The number of amides is 1. The Hall–Kier alpha value is -1.56. The van der Waals surface area contributed by atoms with Crippen LogP contribution in [0.5, 0.6) is 0 Å². The van der Waals surface area contributed by atoms with E-state index in [1.54, 1.807) is 11.9 Å². The van der Waals surface area contributed by atoms with E-state index in [1.165, 1.54) is 0 Å². The molecule has 2 N–H and O–H groups in total. The van der Waals surface area contributed by atoms with Crippen molar-refractivity contribution >= 4 is 34.2 Å². The predicted octanol–water partition coefficient (Wildman–Crippen LogP) is 3.15. The Labute approximate surface area is 126 Å². The third-order valence-corrected chi connectivity index (χ3v) is 3.55. The van der Waals surface area contributed by atoms with Gasteiger partial charge in [-0.05, 0) is 52.4 Å². The topological polar surface area (TPSA) is 46.3 Å². The molecule has 0 radical (unpaired) electrons. The second-order valence-electron chi connectivity index (χ2n) is 4.37. The third-order valence-electron chi connectivity index (χ3n) is 2.88. The Morgan fingerprint density at radius 1 is 1.21 bits per heavy atom. The number of carbonyl (C=O) groups is 1. The average Bonchev–Trinajstić information content (AvgIpc) is 2.40. The maximum Gasteiger partial charge on any atom is 0.253 e. The van der Waals surface area contributed by atoms with E-state index in [2.05, 4.69) is 22.6 Å². The van der Waals surface area contributed by atoms with Crippen molar-refractivity contribution in [3.05, 3.63) is 63.2 Å². The molecule has 0 aliphatic rings. The summed E-state index contributed by atoms with van der Waals surface area (Å²) in [6, 6.07) is 15.2. The third kappa shape index (κ3) is 3.47. The highest BCUT2D eigenvalue weighted by Crippen LogP contribution is 2.15. The number of carbonyl (C=O) groups excluding carboxylic acids is 1. The maximum absolute atomic E-state index is 12.3. The summed E-state index contributed by atoms with van der Waals surface area (Å²) in [5.41, 5.74) is 8.27. The molecule has 0 aromatic heterocycles.